The molecule has 0 saturated carbocycles. The molecule has 26 heavy (non-hydrogen) atoms. The number of ether oxygens (including phenoxy) is 1. The summed E-state index contributed by atoms with van der Waals surface area (Å²) >= 11 is 6.00. The van der Waals surface area contributed by atoms with Gasteiger partial charge in [-0.15, -0.1) is 0 Å². The van der Waals surface area contributed by atoms with Crippen LogP contribution in [0.3, 0.4) is 0 Å². The van der Waals surface area contributed by atoms with Crippen molar-refractivity contribution < 1.29 is 9.53 Å². The third-order valence-corrected chi connectivity index (χ3v) is 4.42. The van der Waals surface area contributed by atoms with Crippen molar-refractivity contribution in [1.82, 2.24) is 0 Å². The Kier molecular flexibility index (Phi) is 4.46. The molecule has 3 aromatic carbocycles. The second-order valence-electron chi connectivity index (χ2n) is 6.05. The van der Waals surface area contributed by atoms with Crippen molar-refractivity contribution in [2.45, 2.75) is 6.61 Å². The first-order valence-corrected chi connectivity index (χ1v) is 8.66. The van der Waals surface area contributed by atoms with E-state index in [1.807, 2.05) is 66.7 Å². The minimum atomic E-state index is -0.127. The highest BCUT2D eigenvalue weighted by atomic mass is 35.5. The van der Waals surface area contributed by atoms with Gasteiger partial charge in [-0.25, -0.2) is 0 Å². The quantitative estimate of drug-likeness (QED) is 0.631. The molecule has 128 valence electrons. The molecule has 0 aliphatic carbocycles. The molecule has 3 nitrogen and oxygen atoms in total. The van der Waals surface area contributed by atoms with Crippen molar-refractivity contribution in [2.75, 3.05) is 5.32 Å². The van der Waals surface area contributed by atoms with Crippen molar-refractivity contribution in [1.29, 1.82) is 0 Å². The number of carbonyl (C=O) groups excluding carboxylic acids is 1. The van der Waals surface area contributed by atoms with E-state index in [-0.39, 0.29) is 5.91 Å². The molecule has 0 bridgehead atoms. The van der Waals surface area contributed by atoms with Crippen molar-refractivity contribution in [3.8, 4) is 5.75 Å². The van der Waals surface area contributed by atoms with Crippen LogP contribution in [-0.4, -0.2) is 5.91 Å². The van der Waals surface area contributed by atoms with Gasteiger partial charge in [-0.05, 0) is 41.5 Å². The summed E-state index contributed by atoms with van der Waals surface area (Å²) in [6.45, 7) is 0.503. The molecule has 0 unspecified atom stereocenters. The topological polar surface area (TPSA) is 38.3 Å². The molecule has 0 saturated heterocycles. The summed E-state index contributed by atoms with van der Waals surface area (Å²) in [7, 11) is 0. The van der Waals surface area contributed by atoms with E-state index in [1.54, 1.807) is 12.1 Å². The normalized spacial score (nSPS) is 14.2. The summed E-state index contributed by atoms with van der Waals surface area (Å²) < 4.78 is 5.86. The number of anilines is 1. The van der Waals surface area contributed by atoms with E-state index in [0.717, 1.165) is 28.1 Å². The lowest BCUT2D eigenvalue weighted by Crippen LogP contribution is -2.03. The number of nitrogens with one attached hydrogen (secondary N) is 1. The summed E-state index contributed by atoms with van der Waals surface area (Å²) in [6, 6.07) is 23.1. The van der Waals surface area contributed by atoms with Crippen LogP contribution in [0.1, 0.15) is 16.7 Å². The van der Waals surface area contributed by atoms with Crippen LogP contribution >= 0.6 is 11.6 Å². The molecule has 1 amide bonds. The second-order valence-corrected chi connectivity index (χ2v) is 6.49. The lowest BCUT2D eigenvalue weighted by molar-refractivity contribution is -0.110. The zero-order chi connectivity index (χ0) is 17.9. The van der Waals surface area contributed by atoms with Crippen LogP contribution in [0.5, 0.6) is 5.75 Å². The smallest absolute Gasteiger partial charge is 0.256 e. The summed E-state index contributed by atoms with van der Waals surface area (Å²) in [5, 5.41) is 3.45. The Morgan fingerprint density at radius 2 is 1.81 bits per heavy atom. The number of rotatable bonds is 4. The van der Waals surface area contributed by atoms with Gasteiger partial charge in [-0.1, -0.05) is 60.1 Å². The lowest BCUT2D eigenvalue weighted by Gasteiger charge is -2.07. The van der Waals surface area contributed by atoms with Crippen LogP contribution in [-0.2, 0) is 11.4 Å². The predicted molar refractivity (Wildman–Crippen MR) is 105 cm³/mol. The fourth-order valence-corrected chi connectivity index (χ4v) is 3.08. The largest absolute Gasteiger partial charge is 0.489 e. The van der Waals surface area contributed by atoms with Gasteiger partial charge in [0, 0.05) is 16.2 Å². The van der Waals surface area contributed by atoms with Crippen LogP contribution in [0.15, 0.2) is 72.8 Å². The van der Waals surface area contributed by atoms with Crippen LogP contribution in [0.2, 0.25) is 5.02 Å². The predicted octanol–water partition coefficient (Wildman–Crippen LogP) is 5.41. The molecule has 0 radical (unpaired) electrons. The average molecular weight is 362 g/mol. The highest BCUT2D eigenvalue weighted by Gasteiger charge is 2.24. The maximum atomic E-state index is 12.3. The van der Waals surface area contributed by atoms with E-state index in [1.165, 1.54) is 0 Å². The van der Waals surface area contributed by atoms with E-state index in [9.17, 15) is 4.79 Å². The van der Waals surface area contributed by atoms with Crippen LogP contribution in [0.4, 0.5) is 5.69 Å². The zero-order valence-corrected chi connectivity index (χ0v) is 14.7. The van der Waals surface area contributed by atoms with Crippen molar-refractivity contribution >= 4 is 34.8 Å². The van der Waals surface area contributed by atoms with Gasteiger partial charge >= 0.3 is 0 Å². The Morgan fingerprint density at radius 3 is 2.65 bits per heavy atom. The Morgan fingerprint density at radius 1 is 0.962 bits per heavy atom. The summed E-state index contributed by atoms with van der Waals surface area (Å²) in [6.07, 6.45) is 1.87. The summed E-state index contributed by atoms with van der Waals surface area (Å²) in [4.78, 5) is 12.3. The summed E-state index contributed by atoms with van der Waals surface area (Å²) in [5.41, 5.74) is 4.23. The SMILES string of the molecule is O=C1Nc2cc(Cl)ccc2/C1=C/c1cccc(OCc2ccccc2)c1. The molecule has 1 N–H and O–H groups in total. The van der Waals surface area contributed by atoms with Crippen molar-refractivity contribution in [3.63, 3.8) is 0 Å². The maximum Gasteiger partial charge on any atom is 0.256 e. The third-order valence-electron chi connectivity index (χ3n) is 4.18. The Hall–Kier alpha value is -3.04. The molecule has 1 aliphatic heterocycles. The number of fused-ring (bicyclic) bond motifs is 1. The molecular formula is C22H16ClNO2. The minimum absolute atomic E-state index is 0.127. The van der Waals surface area contributed by atoms with Crippen molar-refractivity contribution in [2.24, 2.45) is 0 Å². The molecule has 4 rings (SSSR count). The fraction of sp³-hybridized carbons (Fsp3) is 0.0455. The van der Waals surface area contributed by atoms with Gasteiger partial charge in [-0.2, -0.15) is 0 Å². The number of benzene rings is 3. The van der Waals surface area contributed by atoms with Crippen molar-refractivity contribution in [3.05, 3.63) is 94.5 Å². The molecule has 0 atom stereocenters. The van der Waals surface area contributed by atoms with E-state index in [4.69, 9.17) is 16.3 Å². The number of carbonyl (C=O) groups is 1. The molecule has 0 fully saturated rings. The first kappa shape index (κ1) is 16.4. The summed E-state index contributed by atoms with van der Waals surface area (Å²) in [5.74, 6) is 0.635. The van der Waals surface area contributed by atoms with E-state index >= 15 is 0 Å². The van der Waals surface area contributed by atoms with E-state index < -0.39 is 0 Å². The third kappa shape index (κ3) is 3.48. The standard InChI is InChI=1S/C22H16ClNO2/c23-17-9-10-19-20(22(25)24-21(19)13-17)12-16-7-4-8-18(11-16)26-14-15-5-2-1-3-6-15/h1-13H,14H2,(H,24,25)/b20-12-. The van der Waals surface area contributed by atoms with E-state index in [2.05, 4.69) is 5.32 Å². The minimum Gasteiger partial charge on any atom is -0.489 e. The van der Waals surface area contributed by atoms with Gasteiger partial charge in [0.05, 0.1) is 5.69 Å². The Balaban J connectivity index is 1.57. The highest BCUT2D eigenvalue weighted by molar-refractivity contribution is 6.36. The maximum absolute atomic E-state index is 12.3. The zero-order valence-electron chi connectivity index (χ0n) is 13.9. The lowest BCUT2D eigenvalue weighted by atomic mass is 10.0. The van der Waals surface area contributed by atoms with Crippen LogP contribution < -0.4 is 10.1 Å². The first-order valence-electron chi connectivity index (χ1n) is 8.29. The molecule has 3 aromatic rings. The Bertz CT molecular complexity index is 996. The number of hydrogen-bond acceptors (Lipinski definition) is 2. The van der Waals surface area contributed by atoms with Gasteiger partial charge in [0.25, 0.3) is 5.91 Å². The van der Waals surface area contributed by atoms with Crippen LogP contribution in [0.25, 0.3) is 11.6 Å². The molecule has 0 spiro atoms. The molecule has 4 heteroatoms. The van der Waals surface area contributed by atoms with Gasteiger partial charge in [-0.3, -0.25) is 4.79 Å². The fourth-order valence-electron chi connectivity index (χ4n) is 2.91. The van der Waals surface area contributed by atoms with Crippen LogP contribution in [0, 0.1) is 0 Å². The number of amides is 1. The monoisotopic (exact) mass is 361 g/mol. The van der Waals surface area contributed by atoms with Gasteiger partial charge in [0.2, 0.25) is 0 Å². The molecule has 1 heterocycles. The number of hydrogen-bond donors (Lipinski definition) is 1. The molecular weight excluding hydrogens is 346 g/mol. The van der Waals surface area contributed by atoms with Gasteiger partial charge < -0.3 is 10.1 Å². The molecule has 0 aromatic heterocycles. The highest BCUT2D eigenvalue weighted by Crippen LogP contribution is 2.35. The van der Waals surface area contributed by atoms with E-state index in [0.29, 0.717) is 17.2 Å². The molecule has 1 aliphatic rings. The number of halogens is 1. The van der Waals surface area contributed by atoms with Gasteiger partial charge in [0.15, 0.2) is 0 Å². The average Bonchev–Trinajstić information content (AvgIpc) is 2.96. The first-order chi connectivity index (χ1) is 12.7. The Labute approximate surface area is 156 Å². The van der Waals surface area contributed by atoms with Gasteiger partial charge in [0.1, 0.15) is 12.4 Å². The second kappa shape index (κ2) is 7.06.